The van der Waals surface area contributed by atoms with Crippen molar-refractivity contribution in [3.05, 3.63) is 137 Å². The number of rotatable bonds is 20. The first-order valence-corrected chi connectivity index (χ1v) is 18.6. The standard InChI is InChI=1S/C43H43F3N6O7/c1-2-38(54)49-34(21-16-27-8-4-3-5-9-27)39(55)50-35(22-28-12-17-32(18-13-28)43(44,45)46)40(56)51-36(24-30-10-6-7-11-31(30)25-47)41(57)52-37(42(58)59)23-29-14-19-33(20-15-29)48-26-53/h3-15,17-20,26,34-37H,2,16,21-24H2,1H3,(H,48,53)(H,49,54)(H,50,55)(H,51,56)(H,52,57)(H,58,59)/t34-,35+,36-,37+/m1/s1. The number of carboxylic acid groups (broad SMARTS) is 1. The second-order valence-electron chi connectivity index (χ2n) is 13.6. The minimum Gasteiger partial charge on any atom is -0.480 e. The largest absolute Gasteiger partial charge is 0.480 e. The highest BCUT2D eigenvalue weighted by molar-refractivity contribution is 5.95. The first kappa shape index (κ1) is 44.7. The Labute approximate surface area is 338 Å². The minimum absolute atomic E-state index is 0.0472. The van der Waals surface area contributed by atoms with E-state index >= 15 is 0 Å². The molecule has 13 nitrogen and oxygen atoms in total. The highest BCUT2D eigenvalue weighted by Gasteiger charge is 2.33. The molecule has 16 heteroatoms. The van der Waals surface area contributed by atoms with E-state index in [1.807, 2.05) is 36.4 Å². The lowest BCUT2D eigenvalue weighted by Crippen LogP contribution is -2.59. The summed E-state index contributed by atoms with van der Waals surface area (Å²) in [6, 6.07) is 21.8. The van der Waals surface area contributed by atoms with Crippen LogP contribution in [0.25, 0.3) is 0 Å². The zero-order chi connectivity index (χ0) is 43.0. The number of nitrogens with one attached hydrogen (secondary N) is 5. The van der Waals surface area contributed by atoms with E-state index in [1.54, 1.807) is 37.3 Å². The molecule has 0 heterocycles. The van der Waals surface area contributed by atoms with Crippen molar-refractivity contribution in [1.82, 2.24) is 21.3 Å². The number of amides is 5. The van der Waals surface area contributed by atoms with Crippen LogP contribution in [0.3, 0.4) is 0 Å². The zero-order valence-electron chi connectivity index (χ0n) is 31.9. The first-order chi connectivity index (χ1) is 28.2. The van der Waals surface area contributed by atoms with Crippen molar-refractivity contribution >= 4 is 41.7 Å². The molecule has 59 heavy (non-hydrogen) atoms. The summed E-state index contributed by atoms with van der Waals surface area (Å²) in [5, 5.41) is 32.6. The third-order valence-electron chi connectivity index (χ3n) is 9.32. The number of nitriles is 1. The van der Waals surface area contributed by atoms with Gasteiger partial charge in [-0.1, -0.05) is 79.7 Å². The van der Waals surface area contributed by atoms with Gasteiger partial charge in [0.2, 0.25) is 30.0 Å². The second-order valence-corrected chi connectivity index (χ2v) is 13.6. The normalized spacial score (nSPS) is 13.0. The van der Waals surface area contributed by atoms with Crippen LogP contribution in [-0.2, 0) is 60.6 Å². The summed E-state index contributed by atoms with van der Waals surface area (Å²) in [5.41, 5.74) is 1.57. The van der Waals surface area contributed by atoms with Crippen LogP contribution < -0.4 is 26.6 Å². The molecule has 4 atom stereocenters. The molecule has 0 aliphatic carbocycles. The zero-order valence-corrected chi connectivity index (χ0v) is 31.9. The molecule has 0 aliphatic heterocycles. The number of nitrogens with zero attached hydrogens (tertiary/aromatic N) is 1. The molecule has 0 aliphatic rings. The van der Waals surface area contributed by atoms with Gasteiger partial charge in [0.25, 0.3) is 0 Å². The maximum absolute atomic E-state index is 14.3. The van der Waals surface area contributed by atoms with Gasteiger partial charge in [-0.25, -0.2) is 4.79 Å². The number of hydrogen-bond acceptors (Lipinski definition) is 7. The summed E-state index contributed by atoms with van der Waals surface area (Å²) in [5.74, 6) is -4.53. The Morgan fingerprint density at radius 3 is 1.76 bits per heavy atom. The molecule has 6 N–H and O–H groups in total. The van der Waals surface area contributed by atoms with Crippen LogP contribution in [0.15, 0.2) is 103 Å². The number of aryl methyl sites for hydroxylation is 1. The van der Waals surface area contributed by atoms with Gasteiger partial charge >= 0.3 is 12.1 Å². The van der Waals surface area contributed by atoms with Crippen molar-refractivity contribution in [2.75, 3.05) is 5.32 Å². The lowest BCUT2D eigenvalue weighted by Gasteiger charge is -2.26. The molecule has 0 bridgehead atoms. The molecule has 4 aromatic rings. The lowest BCUT2D eigenvalue weighted by molar-refractivity contribution is -0.142. The van der Waals surface area contributed by atoms with Gasteiger partial charge in [0, 0.05) is 31.4 Å². The Morgan fingerprint density at radius 1 is 0.678 bits per heavy atom. The fraction of sp³-hybridized carbons (Fsp3) is 0.279. The summed E-state index contributed by atoms with van der Waals surface area (Å²) in [6.07, 6.45) is -4.47. The summed E-state index contributed by atoms with van der Waals surface area (Å²) in [6.45, 7) is 1.59. The van der Waals surface area contributed by atoms with Crippen molar-refractivity contribution < 1.29 is 47.0 Å². The monoisotopic (exact) mass is 812 g/mol. The summed E-state index contributed by atoms with van der Waals surface area (Å²) < 4.78 is 40.2. The average molecular weight is 813 g/mol. The fourth-order valence-electron chi connectivity index (χ4n) is 6.09. The maximum Gasteiger partial charge on any atom is 0.416 e. The smallest absolute Gasteiger partial charge is 0.416 e. The molecule has 4 rings (SSSR count). The van der Waals surface area contributed by atoms with Crippen molar-refractivity contribution in [2.24, 2.45) is 0 Å². The van der Waals surface area contributed by atoms with Crippen LogP contribution in [0.1, 0.15) is 53.1 Å². The van der Waals surface area contributed by atoms with Gasteiger partial charge in [0.15, 0.2) is 0 Å². The number of alkyl halides is 3. The third-order valence-corrected chi connectivity index (χ3v) is 9.32. The molecule has 308 valence electrons. The van der Waals surface area contributed by atoms with Crippen molar-refractivity contribution in [3.8, 4) is 6.07 Å². The number of anilines is 1. The fourth-order valence-corrected chi connectivity index (χ4v) is 6.09. The Kier molecular flexibility index (Phi) is 16.3. The number of carbonyl (C=O) groups is 6. The van der Waals surface area contributed by atoms with E-state index in [2.05, 4.69) is 26.6 Å². The Bertz CT molecular complexity index is 2120. The molecule has 0 aromatic heterocycles. The van der Waals surface area contributed by atoms with E-state index < -0.39 is 65.5 Å². The summed E-state index contributed by atoms with van der Waals surface area (Å²) >= 11 is 0. The molecular formula is C43H43F3N6O7. The van der Waals surface area contributed by atoms with Gasteiger partial charge in [0.1, 0.15) is 24.2 Å². The molecule has 0 radical (unpaired) electrons. The predicted molar refractivity (Wildman–Crippen MR) is 210 cm³/mol. The van der Waals surface area contributed by atoms with Gasteiger partial charge < -0.3 is 31.7 Å². The molecule has 0 unspecified atom stereocenters. The number of carbonyl (C=O) groups excluding carboxylic acids is 5. The van der Waals surface area contributed by atoms with Gasteiger partial charge in [-0.15, -0.1) is 0 Å². The molecule has 0 saturated carbocycles. The van der Waals surface area contributed by atoms with Crippen LogP contribution in [0, 0.1) is 11.3 Å². The highest BCUT2D eigenvalue weighted by Crippen LogP contribution is 2.29. The highest BCUT2D eigenvalue weighted by atomic mass is 19.4. The molecule has 0 fully saturated rings. The predicted octanol–water partition coefficient (Wildman–Crippen LogP) is 4.24. The van der Waals surface area contributed by atoms with Gasteiger partial charge in [-0.2, -0.15) is 18.4 Å². The minimum atomic E-state index is -4.64. The number of aliphatic carboxylic acids is 1. The van der Waals surface area contributed by atoms with E-state index in [-0.39, 0.29) is 43.2 Å². The summed E-state index contributed by atoms with van der Waals surface area (Å²) in [7, 11) is 0. The van der Waals surface area contributed by atoms with Gasteiger partial charge in [0.05, 0.1) is 17.2 Å². The third kappa shape index (κ3) is 13.8. The van der Waals surface area contributed by atoms with Crippen molar-refractivity contribution in [1.29, 1.82) is 5.26 Å². The lowest BCUT2D eigenvalue weighted by atomic mass is 9.98. The number of halogens is 3. The molecule has 0 saturated heterocycles. The molecule has 0 spiro atoms. The van der Waals surface area contributed by atoms with Crippen LogP contribution in [0.5, 0.6) is 0 Å². The quantitative estimate of drug-likeness (QED) is 0.0711. The topological polar surface area (TPSA) is 207 Å². The van der Waals surface area contributed by atoms with E-state index in [1.165, 1.54) is 18.2 Å². The number of hydrogen-bond donors (Lipinski definition) is 6. The van der Waals surface area contributed by atoms with Gasteiger partial charge in [-0.3, -0.25) is 24.0 Å². The molecule has 4 aromatic carbocycles. The van der Waals surface area contributed by atoms with Gasteiger partial charge in [-0.05, 0) is 65.4 Å². The Balaban J connectivity index is 1.66. The number of benzene rings is 4. The van der Waals surface area contributed by atoms with Crippen LogP contribution in [0.2, 0.25) is 0 Å². The van der Waals surface area contributed by atoms with E-state index in [0.29, 0.717) is 29.6 Å². The second kappa shape index (κ2) is 21.5. The van der Waals surface area contributed by atoms with E-state index in [4.69, 9.17) is 0 Å². The Morgan fingerprint density at radius 2 is 1.20 bits per heavy atom. The number of carboxylic acids is 1. The van der Waals surface area contributed by atoms with E-state index in [9.17, 15) is 52.3 Å². The van der Waals surface area contributed by atoms with Crippen molar-refractivity contribution in [3.63, 3.8) is 0 Å². The van der Waals surface area contributed by atoms with Crippen molar-refractivity contribution in [2.45, 2.75) is 75.8 Å². The van der Waals surface area contributed by atoms with E-state index in [0.717, 1.165) is 29.8 Å². The molecular weight excluding hydrogens is 770 g/mol. The SMILES string of the molecule is CCC(=O)N[C@H](CCc1ccccc1)C(=O)N[C@@H](Cc1ccc(C(F)(F)F)cc1)C(=O)N[C@H](Cc1ccccc1C#N)C(=O)N[C@@H](Cc1ccc(NC=O)cc1)C(=O)O. The molecule has 5 amide bonds. The first-order valence-electron chi connectivity index (χ1n) is 18.6. The summed E-state index contributed by atoms with van der Waals surface area (Å²) in [4.78, 5) is 77.8. The maximum atomic E-state index is 14.3. The Hall–Kier alpha value is -7.02. The van der Waals surface area contributed by atoms with Crippen LogP contribution in [0.4, 0.5) is 18.9 Å². The van der Waals surface area contributed by atoms with Crippen LogP contribution >= 0.6 is 0 Å². The van der Waals surface area contributed by atoms with Crippen LogP contribution in [-0.4, -0.2) is 65.3 Å². The average Bonchev–Trinajstić information content (AvgIpc) is 3.22.